The Morgan fingerprint density at radius 1 is 1.77 bits per heavy atom. The molecule has 0 unspecified atom stereocenters. The standard InChI is InChI=1S/C8H9IN2O2/c1-2-13-8-6(7(10)12)3-5(9)4-11-8/h3-4H,2H2,1H3,(H2,10,12). The van der Waals surface area contributed by atoms with Gasteiger partial charge in [-0.05, 0) is 35.6 Å². The van der Waals surface area contributed by atoms with E-state index in [0.29, 0.717) is 18.1 Å². The van der Waals surface area contributed by atoms with E-state index in [1.807, 2.05) is 6.92 Å². The zero-order valence-electron chi connectivity index (χ0n) is 7.08. The molecule has 5 heteroatoms. The SMILES string of the molecule is CCOc1ncc(I)cc1C(N)=O. The molecule has 4 nitrogen and oxygen atoms in total. The number of nitrogens with zero attached hydrogens (tertiary/aromatic N) is 1. The minimum atomic E-state index is -0.519. The van der Waals surface area contributed by atoms with Crippen LogP contribution in [0.15, 0.2) is 12.3 Å². The molecule has 1 heterocycles. The van der Waals surface area contributed by atoms with Gasteiger partial charge in [0.2, 0.25) is 5.88 Å². The van der Waals surface area contributed by atoms with Crippen molar-refractivity contribution in [2.75, 3.05) is 6.61 Å². The molecule has 13 heavy (non-hydrogen) atoms. The van der Waals surface area contributed by atoms with Crippen molar-refractivity contribution < 1.29 is 9.53 Å². The van der Waals surface area contributed by atoms with E-state index < -0.39 is 5.91 Å². The zero-order valence-corrected chi connectivity index (χ0v) is 9.24. The molecule has 0 bridgehead atoms. The molecule has 70 valence electrons. The molecule has 0 aliphatic carbocycles. The third-order valence-electron chi connectivity index (χ3n) is 1.36. The lowest BCUT2D eigenvalue weighted by molar-refractivity contribution is 0.0995. The van der Waals surface area contributed by atoms with Crippen molar-refractivity contribution in [2.45, 2.75) is 6.92 Å². The zero-order chi connectivity index (χ0) is 9.84. The van der Waals surface area contributed by atoms with E-state index in [0.717, 1.165) is 3.57 Å². The predicted molar refractivity (Wildman–Crippen MR) is 56.6 cm³/mol. The summed E-state index contributed by atoms with van der Waals surface area (Å²) >= 11 is 2.06. The Hall–Kier alpha value is -0.850. The first-order valence-electron chi connectivity index (χ1n) is 3.73. The van der Waals surface area contributed by atoms with E-state index in [-0.39, 0.29) is 0 Å². The number of pyridine rings is 1. The normalized spacial score (nSPS) is 9.69. The maximum atomic E-state index is 10.9. The van der Waals surface area contributed by atoms with Gasteiger partial charge in [-0.3, -0.25) is 4.79 Å². The maximum Gasteiger partial charge on any atom is 0.254 e. The molecule has 1 aromatic rings. The number of aromatic nitrogens is 1. The fourth-order valence-corrected chi connectivity index (χ4v) is 1.31. The monoisotopic (exact) mass is 292 g/mol. The van der Waals surface area contributed by atoms with E-state index >= 15 is 0 Å². The van der Waals surface area contributed by atoms with Gasteiger partial charge in [0, 0.05) is 9.77 Å². The Balaban J connectivity index is 3.10. The number of amides is 1. The van der Waals surface area contributed by atoms with Crippen molar-refractivity contribution in [2.24, 2.45) is 5.73 Å². The lowest BCUT2D eigenvalue weighted by Crippen LogP contribution is -2.14. The molecule has 1 amide bonds. The molecule has 0 saturated heterocycles. The highest BCUT2D eigenvalue weighted by Crippen LogP contribution is 2.16. The summed E-state index contributed by atoms with van der Waals surface area (Å²) in [7, 11) is 0. The van der Waals surface area contributed by atoms with Crippen molar-refractivity contribution in [1.82, 2.24) is 4.98 Å². The molecule has 1 aromatic heterocycles. The van der Waals surface area contributed by atoms with Crippen molar-refractivity contribution >= 4 is 28.5 Å². The summed E-state index contributed by atoms with van der Waals surface area (Å²) in [6, 6.07) is 1.65. The van der Waals surface area contributed by atoms with E-state index in [9.17, 15) is 4.79 Å². The molecule has 0 radical (unpaired) electrons. The number of nitrogens with two attached hydrogens (primary N) is 1. The van der Waals surface area contributed by atoms with Gasteiger partial charge in [0.1, 0.15) is 5.56 Å². The highest BCUT2D eigenvalue weighted by molar-refractivity contribution is 14.1. The van der Waals surface area contributed by atoms with Gasteiger partial charge >= 0.3 is 0 Å². The van der Waals surface area contributed by atoms with Gasteiger partial charge in [0.15, 0.2) is 0 Å². The second kappa shape index (κ2) is 4.40. The molecule has 0 atom stereocenters. The first-order chi connectivity index (χ1) is 6.15. The van der Waals surface area contributed by atoms with Gasteiger partial charge in [-0.15, -0.1) is 0 Å². The van der Waals surface area contributed by atoms with Crippen LogP contribution >= 0.6 is 22.6 Å². The van der Waals surface area contributed by atoms with Crippen LogP contribution in [0.3, 0.4) is 0 Å². The average molecular weight is 292 g/mol. The Morgan fingerprint density at radius 3 is 3.00 bits per heavy atom. The van der Waals surface area contributed by atoms with Crippen LogP contribution in [0.1, 0.15) is 17.3 Å². The fourth-order valence-electron chi connectivity index (χ4n) is 0.855. The van der Waals surface area contributed by atoms with Crippen LogP contribution in [-0.4, -0.2) is 17.5 Å². The molecule has 0 saturated carbocycles. The number of carbonyl (C=O) groups is 1. The van der Waals surface area contributed by atoms with Gasteiger partial charge in [-0.25, -0.2) is 4.98 Å². The number of carbonyl (C=O) groups excluding carboxylic acids is 1. The second-order valence-electron chi connectivity index (χ2n) is 2.30. The smallest absolute Gasteiger partial charge is 0.254 e. The maximum absolute atomic E-state index is 10.9. The molecular weight excluding hydrogens is 283 g/mol. The minimum Gasteiger partial charge on any atom is -0.477 e. The number of hydrogen-bond acceptors (Lipinski definition) is 3. The largest absolute Gasteiger partial charge is 0.477 e. The van der Waals surface area contributed by atoms with Gasteiger partial charge < -0.3 is 10.5 Å². The first-order valence-corrected chi connectivity index (χ1v) is 4.81. The Kier molecular flexibility index (Phi) is 3.47. The van der Waals surface area contributed by atoms with Crippen LogP contribution in [0.5, 0.6) is 5.88 Å². The Morgan fingerprint density at radius 2 is 2.46 bits per heavy atom. The van der Waals surface area contributed by atoms with Crippen molar-refractivity contribution in [3.63, 3.8) is 0 Å². The lowest BCUT2D eigenvalue weighted by Gasteiger charge is -2.05. The second-order valence-corrected chi connectivity index (χ2v) is 3.55. The van der Waals surface area contributed by atoms with Gasteiger partial charge in [-0.2, -0.15) is 0 Å². The molecule has 0 aliphatic rings. The van der Waals surface area contributed by atoms with Gasteiger partial charge in [0.25, 0.3) is 5.91 Å². The number of primary amides is 1. The third-order valence-corrected chi connectivity index (χ3v) is 1.95. The molecule has 0 aliphatic heterocycles. The predicted octanol–water partition coefficient (Wildman–Crippen LogP) is 1.18. The third kappa shape index (κ3) is 2.55. The number of rotatable bonds is 3. The van der Waals surface area contributed by atoms with Crippen LogP contribution in [0.2, 0.25) is 0 Å². The van der Waals surface area contributed by atoms with E-state index in [1.54, 1.807) is 12.3 Å². The van der Waals surface area contributed by atoms with E-state index in [4.69, 9.17) is 10.5 Å². The number of halogens is 1. The number of ether oxygens (including phenoxy) is 1. The average Bonchev–Trinajstić information content (AvgIpc) is 2.08. The fraction of sp³-hybridized carbons (Fsp3) is 0.250. The minimum absolute atomic E-state index is 0.301. The summed E-state index contributed by atoms with van der Waals surface area (Å²) in [5.74, 6) is -0.218. The topological polar surface area (TPSA) is 65.2 Å². The summed E-state index contributed by atoms with van der Waals surface area (Å²) in [5.41, 5.74) is 5.48. The van der Waals surface area contributed by atoms with Crippen LogP contribution < -0.4 is 10.5 Å². The Bertz CT molecular complexity index is 328. The molecule has 1 rings (SSSR count). The van der Waals surface area contributed by atoms with Crippen LogP contribution in [0.25, 0.3) is 0 Å². The summed E-state index contributed by atoms with van der Waals surface area (Å²) in [5, 5.41) is 0. The quantitative estimate of drug-likeness (QED) is 0.851. The van der Waals surface area contributed by atoms with E-state index in [2.05, 4.69) is 27.6 Å². The molecule has 0 fully saturated rings. The Labute approximate surface area is 89.6 Å². The first kappa shape index (κ1) is 10.2. The molecular formula is C8H9IN2O2. The summed E-state index contributed by atoms with van der Waals surface area (Å²) in [4.78, 5) is 14.9. The summed E-state index contributed by atoms with van der Waals surface area (Å²) in [6.45, 7) is 2.29. The van der Waals surface area contributed by atoms with Crippen LogP contribution in [0, 0.1) is 3.57 Å². The number of hydrogen-bond donors (Lipinski definition) is 1. The van der Waals surface area contributed by atoms with Gasteiger partial charge in [-0.1, -0.05) is 0 Å². The lowest BCUT2D eigenvalue weighted by atomic mass is 10.2. The molecule has 0 aromatic carbocycles. The highest BCUT2D eigenvalue weighted by atomic mass is 127. The van der Waals surface area contributed by atoms with Crippen molar-refractivity contribution in [3.8, 4) is 5.88 Å². The summed E-state index contributed by atoms with van der Waals surface area (Å²) < 4.78 is 5.99. The van der Waals surface area contributed by atoms with Crippen LogP contribution in [0.4, 0.5) is 0 Å². The summed E-state index contributed by atoms with van der Waals surface area (Å²) in [6.07, 6.45) is 1.62. The molecule has 2 N–H and O–H groups in total. The molecule has 0 spiro atoms. The highest BCUT2D eigenvalue weighted by Gasteiger charge is 2.10. The van der Waals surface area contributed by atoms with E-state index in [1.165, 1.54) is 0 Å². The van der Waals surface area contributed by atoms with Crippen molar-refractivity contribution in [3.05, 3.63) is 21.4 Å². The van der Waals surface area contributed by atoms with Gasteiger partial charge in [0.05, 0.1) is 6.61 Å². The van der Waals surface area contributed by atoms with Crippen molar-refractivity contribution in [1.29, 1.82) is 0 Å². The van der Waals surface area contributed by atoms with Crippen LogP contribution in [-0.2, 0) is 0 Å².